The molecule has 1 heterocycles. The molecule has 0 radical (unpaired) electrons. The van der Waals surface area contributed by atoms with Crippen LogP contribution < -0.4 is 5.73 Å². The number of nitrogen functional groups attached to an aromatic ring is 1. The summed E-state index contributed by atoms with van der Waals surface area (Å²) in [6.45, 7) is 6.33. The van der Waals surface area contributed by atoms with Gasteiger partial charge >= 0.3 is 0 Å². The van der Waals surface area contributed by atoms with E-state index in [0.29, 0.717) is 5.92 Å². The van der Waals surface area contributed by atoms with Crippen molar-refractivity contribution in [2.24, 2.45) is 5.92 Å². The summed E-state index contributed by atoms with van der Waals surface area (Å²) in [7, 11) is 0. The molecule has 0 spiro atoms. The van der Waals surface area contributed by atoms with Crippen LogP contribution in [0.25, 0.3) is 10.9 Å². The average molecular weight is 249 g/mol. The molecule has 0 aliphatic carbocycles. The zero-order valence-corrected chi connectivity index (χ0v) is 11.2. The Balaban J connectivity index is 2.66. The predicted molar refractivity (Wildman–Crippen MR) is 74.4 cm³/mol. The SMILES string of the molecule is Cc1c(Cl)ccc2c(N)cc(CC(C)C)nc12. The molecule has 0 bridgehead atoms. The summed E-state index contributed by atoms with van der Waals surface area (Å²) >= 11 is 6.12. The molecule has 0 saturated heterocycles. The number of fused-ring (bicyclic) bond motifs is 1. The Bertz CT molecular complexity index is 562. The molecule has 0 amide bonds. The second kappa shape index (κ2) is 4.53. The van der Waals surface area contributed by atoms with Gasteiger partial charge in [-0.1, -0.05) is 25.4 Å². The number of aromatic nitrogens is 1. The Kier molecular flexibility index (Phi) is 3.25. The van der Waals surface area contributed by atoms with Crippen molar-refractivity contribution in [1.29, 1.82) is 0 Å². The molecule has 3 heteroatoms. The first-order valence-corrected chi connectivity index (χ1v) is 6.21. The van der Waals surface area contributed by atoms with E-state index in [4.69, 9.17) is 17.3 Å². The third kappa shape index (κ3) is 2.37. The summed E-state index contributed by atoms with van der Waals surface area (Å²) in [4.78, 5) is 4.67. The van der Waals surface area contributed by atoms with Crippen molar-refractivity contribution < 1.29 is 0 Å². The normalized spacial score (nSPS) is 11.4. The van der Waals surface area contributed by atoms with Crippen molar-refractivity contribution >= 4 is 28.2 Å². The second-order valence-electron chi connectivity index (χ2n) is 4.87. The maximum Gasteiger partial charge on any atom is 0.0769 e. The van der Waals surface area contributed by atoms with Crippen LogP contribution in [0.1, 0.15) is 25.1 Å². The number of rotatable bonds is 2. The third-order valence-electron chi connectivity index (χ3n) is 2.87. The number of aryl methyl sites for hydroxylation is 1. The van der Waals surface area contributed by atoms with Gasteiger partial charge in [0.25, 0.3) is 0 Å². The van der Waals surface area contributed by atoms with Gasteiger partial charge in [-0.2, -0.15) is 0 Å². The minimum absolute atomic E-state index is 0.568. The molecule has 90 valence electrons. The molecule has 0 aliphatic rings. The Morgan fingerprint density at radius 3 is 2.71 bits per heavy atom. The molecular formula is C14H17ClN2. The lowest BCUT2D eigenvalue weighted by Gasteiger charge is -2.10. The minimum atomic E-state index is 0.568. The van der Waals surface area contributed by atoms with E-state index < -0.39 is 0 Å². The fourth-order valence-corrected chi connectivity index (χ4v) is 2.16. The molecule has 0 fully saturated rings. The molecule has 2 nitrogen and oxygen atoms in total. The molecule has 0 aliphatic heterocycles. The van der Waals surface area contributed by atoms with Gasteiger partial charge in [0.1, 0.15) is 0 Å². The van der Waals surface area contributed by atoms with Crippen molar-refractivity contribution in [1.82, 2.24) is 4.98 Å². The van der Waals surface area contributed by atoms with E-state index in [0.717, 1.165) is 39.3 Å². The lowest BCUT2D eigenvalue weighted by atomic mass is 10.0. The van der Waals surface area contributed by atoms with Crippen molar-refractivity contribution in [3.63, 3.8) is 0 Å². The van der Waals surface area contributed by atoms with Crippen LogP contribution >= 0.6 is 11.6 Å². The van der Waals surface area contributed by atoms with Gasteiger partial charge in [0.05, 0.1) is 5.52 Å². The fourth-order valence-electron chi connectivity index (χ4n) is 2.01. The lowest BCUT2D eigenvalue weighted by molar-refractivity contribution is 0.637. The van der Waals surface area contributed by atoms with Crippen LogP contribution in [0.2, 0.25) is 5.02 Å². The van der Waals surface area contributed by atoms with Crippen LogP contribution in [0.3, 0.4) is 0 Å². The monoisotopic (exact) mass is 248 g/mol. The van der Waals surface area contributed by atoms with E-state index in [1.165, 1.54) is 0 Å². The van der Waals surface area contributed by atoms with Gasteiger partial charge in [-0.3, -0.25) is 4.98 Å². The predicted octanol–water partition coefficient (Wildman–Crippen LogP) is 3.98. The first-order chi connectivity index (χ1) is 7.99. The van der Waals surface area contributed by atoms with Gasteiger partial charge in [-0.15, -0.1) is 0 Å². The lowest BCUT2D eigenvalue weighted by Crippen LogP contribution is -2.01. The smallest absolute Gasteiger partial charge is 0.0769 e. The zero-order chi connectivity index (χ0) is 12.6. The number of pyridine rings is 1. The van der Waals surface area contributed by atoms with Crippen LogP contribution in [0.5, 0.6) is 0 Å². The molecule has 2 N–H and O–H groups in total. The van der Waals surface area contributed by atoms with Gasteiger partial charge in [-0.25, -0.2) is 0 Å². The number of hydrogen-bond donors (Lipinski definition) is 1. The Labute approximate surface area is 107 Å². The fraction of sp³-hybridized carbons (Fsp3) is 0.357. The molecule has 0 atom stereocenters. The summed E-state index contributed by atoms with van der Waals surface area (Å²) in [5.74, 6) is 0.568. The highest BCUT2D eigenvalue weighted by atomic mass is 35.5. The average Bonchev–Trinajstić information content (AvgIpc) is 2.23. The molecule has 2 aromatic rings. The Morgan fingerprint density at radius 1 is 1.35 bits per heavy atom. The van der Waals surface area contributed by atoms with E-state index in [1.807, 2.05) is 25.1 Å². The number of benzene rings is 1. The van der Waals surface area contributed by atoms with Crippen LogP contribution in [-0.2, 0) is 6.42 Å². The standard InChI is InChI=1S/C14H17ClN2/c1-8(2)6-10-7-13(16)11-4-5-12(15)9(3)14(11)17-10/h4-5,7-8H,6H2,1-3H3,(H2,16,17). The first kappa shape index (κ1) is 12.2. The first-order valence-electron chi connectivity index (χ1n) is 5.83. The molecule has 2 rings (SSSR count). The molecule has 0 saturated carbocycles. The number of hydrogen-bond acceptors (Lipinski definition) is 2. The van der Waals surface area contributed by atoms with Gasteiger partial charge < -0.3 is 5.73 Å². The molecule has 17 heavy (non-hydrogen) atoms. The molecule has 1 aromatic carbocycles. The Hall–Kier alpha value is -1.28. The summed E-state index contributed by atoms with van der Waals surface area (Å²) in [5.41, 5.74) is 9.81. The number of nitrogens with zero attached hydrogens (tertiary/aromatic N) is 1. The van der Waals surface area contributed by atoms with E-state index >= 15 is 0 Å². The van der Waals surface area contributed by atoms with Crippen molar-refractivity contribution in [2.45, 2.75) is 27.2 Å². The van der Waals surface area contributed by atoms with Crippen LogP contribution in [-0.4, -0.2) is 4.98 Å². The van der Waals surface area contributed by atoms with Crippen LogP contribution in [0, 0.1) is 12.8 Å². The van der Waals surface area contributed by atoms with Gasteiger partial charge in [-0.05, 0) is 43.0 Å². The molecule has 0 unspecified atom stereocenters. The molecular weight excluding hydrogens is 232 g/mol. The highest BCUT2D eigenvalue weighted by molar-refractivity contribution is 6.32. The van der Waals surface area contributed by atoms with Crippen molar-refractivity contribution in [3.8, 4) is 0 Å². The second-order valence-corrected chi connectivity index (χ2v) is 5.28. The van der Waals surface area contributed by atoms with E-state index in [-0.39, 0.29) is 0 Å². The largest absolute Gasteiger partial charge is 0.398 e. The highest BCUT2D eigenvalue weighted by Gasteiger charge is 2.09. The van der Waals surface area contributed by atoms with Crippen molar-refractivity contribution in [3.05, 3.63) is 34.5 Å². The van der Waals surface area contributed by atoms with Gasteiger partial charge in [0, 0.05) is 21.8 Å². The van der Waals surface area contributed by atoms with Crippen LogP contribution in [0.4, 0.5) is 5.69 Å². The quantitative estimate of drug-likeness (QED) is 0.873. The highest BCUT2D eigenvalue weighted by Crippen LogP contribution is 2.28. The summed E-state index contributed by atoms with van der Waals surface area (Å²) in [6.07, 6.45) is 0.937. The summed E-state index contributed by atoms with van der Waals surface area (Å²) < 4.78 is 0. The van der Waals surface area contributed by atoms with E-state index in [1.54, 1.807) is 0 Å². The van der Waals surface area contributed by atoms with Gasteiger partial charge in [0.2, 0.25) is 0 Å². The maximum absolute atomic E-state index is 6.12. The summed E-state index contributed by atoms with van der Waals surface area (Å²) in [6, 6.07) is 5.78. The van der Waals surface area contributed by atoms with E-state index in [9.17, 15) is 0 Å². The number of halogens is 1. The Morgan fingerprint density at radius 2 is 2.06 bits per heavy atom. The van der Waals surface area contributed by atoms with Crippen LogP contribution in [0.15, 0.2) is 18.2 Å². The molecule has 1 aromatic heterocycles. The minimum Gasteiger partial charge on any atom is -0.398 e. The topological polar surface area (TPSA) is 38.9 Å². The van der Waals surface area contributed by atoms with Gasteiger partial charge in [0.15, 0.2) is 0 Å². The zero-order valence-electron chi connectivity index (χ0n) is 10.4. The third-order valence-corrected chi connectivity index (χ3v) is 3.28. The maximum atomic E-state index is 6.12. The number of anilines is 1. The summed E-state index contributed by atoms with van der Waals surface area (Å²) in [5, 5.41) is 1.73. The van der Waals surface area contributed by atoms with E-state index in [2.05, 4.69) is 18.8 Å². The number of nitrogens with two attached hydrogens (primary N) is 1. The van der Waals surface area contributed by atoms with Crippen molar-refractivity contribution in [2.75, 3.05) is 5.73 Å².